The summed E-state index contributed by atoms with van der Waals surface area (Å²) in [5, 5.41) is 6.95. The van der Waals surface area contributed by atoms with E-state index in [2.05, 4.69) is 15.6 Å². The predicted octanol–water partition coefficient (Wildman–Crippen LogP) is 0.593. The lowest BCUT2D eigenvalue weighted by Gasteiger charge is -2.08. The Bertz CT molecular complexity index is 228. The molecule has 4 nitrogen and oxygen atoms in total. The molecule has 1 aliphatic rings. The molecular weight excluding hydrogens is 198 g/mol. The van der Waals surface area contributed by atoms with Crippen molar-refractivity contribution in [2.24, 2.45) is 4.99 Å². The van der Waals surface area contributed by atoms with Gasteiger partial charge in [-0.1, -0.05) is 11.8 Å². The summed E-state index contributed by atoms with van der Waals surface area (Å²) in [6.07, 6.45) is 0.512. The van der Waals surface area contributed by atoms with Gasteiger partial charge in [0.05, 0.1) is 6.54 Å². The smallest absolute Gasteiger partial charge is 0.221 e. The molecule has 80 valence electrons. The van der Waals surface area contributed by atoms with Crippen LogP contribution in [-0.4, -0.2) is 36.0 Å². The molecular formula is C9H17N3OS. The van der Waals surface area contributed by atoms with E-state index in [4.69, 9.17) is 0 Å². The van der Waals surface area contributed by atoms with Gasteiger partial charge >= 0.3 is 0 Å². The highest BCUT2D eigenvalue weighted by atomic mass is 32.2. The molecule has 0 aliphatic carbocycles. The molecule has 0 aromatic carbocycles. The summed E-state index contributed by atoms with van der Waals surface area (Å²) in [7, 11) is 0. The maximum Gasteiger partial charge on any atom is 0.221 e. The van der Waals surface area contributed by atoms with Gasteiger partial charge in [0.1, 0.15) is 0 Å². The molecule has 0 bridgehead atoms. The molecule has 1 aliphatic heterocycles. The Morgan fingerprint density at radius 3 is 3.00 bits per heavy atom. The first-order valence-electron chi connectivity index (χ1n) is 4.89. The number of nitrogens with one attached hydrogen (secondary N) is 2. The van der Waals surface area contributed by atoms with Crippen LogP contribution < -0.4 is 10.6 Å². The number of hydrogen-bond acceptors (Lipinski definition) is 4. The van der Waals surface area contributed by atoms with Crippen molar-refractivity contribution >= 4 is 22.8 Å². The van der Waals surface area contributed by atoms with Crippen LogP contribution >= 0.6 is 11.8 Å². The minimum absolute atomic E-state index is 0.0936. The molecule has 0 unspecified atom stereocenters. The largest absolute Gasteiger partial charge is 0.364 e. The first-order chi connectivity index (χ1) is 6.68. The van der Waals surface area contributed by atoms with Crippen molar-refractivity contribution in [3.8, 4) is 0 Å². The van der Waals surface area contributed by atoms with Crippen LogP contribution in [0.1, 0.15) is 20.3 Å². The predicted molar refractivity (Wildman–Crippen MR) is 60.7 cm³/mol. The Morgan fingerprint density at radius 2 is 2.43 bits per heavy atom. The standard InChI is InChI=1S/C9H17N3OS/c1-7(2)12-8(13)3-4-10-9-11-5-6-14-9/h7H,3-6H2,1-2H3,(H,10,11)(H,12,13). The van der Waals surface area contributed by atoms with Crippen LogP contribution in [0.25, 0.3) is 0 Å². The van der Waals surface area contributed by atoms with E-state index >= 15 is 0 Å². The zero-order chi connectivity index (χ0) is 10.4. The monoisotopic (exact) mass is 215 g/mol. The van der Waals surface area contributed by atoms with E-state index in [9.17, 15) is 4.79 Å². The van der Waals surface area contributed by atoms with E-state index < -0.39 is 0 Å². The third-order valence-electron chi connectivity index (χ3n) is 1.66. The van der Waals surface area contributed by atoms with Crippen LogP contribution in [0.15, 0.2) is 4.99 Å². The minimum atomic E-state index is 0.0936. The lowest BCUT2D eigenvalue weighted by Crippen LogP contribution is -2.33. The number of aliphatic imine (C=N–C) groups is 1. The lowest BCUT2D eigenvalue weighted by atomic mass is 10.3. The molecule has 0 spiro atoms. The van der Waals surface area contributed by atoms with Gasteiger partial charge in [0.25, 0.3) is 0 Å². The van der Waals surface area contributed by atoms with Crippen LogP contribution in [0, 0.1) is 0 Å². The highest BCUT2D eigenvalue weighted by Gasteiger charge is 2.07. The van der Waals surface area contributed by atoms with Gasteiger partial charge in [0, 0.05) is 24.8 Å². The molecule has 0 saturated carbocycles. The van der Waals surface area contributed by atoms with Gasteiger partial charge in [-0.15, -0.1) is 0 Å². The molecule has 5 heteroatoms. The molecule has 0 atom stereocenters. The Balaban J connectivity index is 2.05. The SMILES string of the molecule is CC(C)NC(=O)CCNC1=NCCS1. The fourth-order valence-electron chi connectivity index (χ4n) is 1.12. The Kier molecular flexibility index (Phi) is 4.79. The number of rotatable bonds is 4. The summed E-state index contributed by atoms with van der Waals surface area (Å²) >= 11 is 1.72. The second-order valence-electron chi connectivity index (χ2n) is 3.43. The topological polar surface area (TPSA) is 53.5 Å². The van der Waals surface area contributed by atoms with Crippen LogP contribution in [0.2, 0.25) is 0 Å². The van der Waals surface area contributed by atoms with Crippen molar-refractivity contribution in [1.82, 2.24) is 10.6 Å². The van der Waals surface area contributed by atoms with E-state index in [1.807, 2.05) is 13.8 Å². The average Bonchev–Trinajstić information content (AvgIpc) is 2.55. The van der Waals surface area contributed by atoms with E-state index in [-0.39, 0.29) is 11.9 Å². The van der Waals surface area contributed by atoms with Gasteiger partial charge in [0.2, 0.25) is 5.91 Å². The number of nitrogens with zero attached hydrogens (tertiary/aromatic N) is 1. The maximum absolute atomic E-state index is 11.2. The molecule has 0 fully saturated rings. The first-order valence-corrected chi connectivity index (χ1v) is 5.87. The van der Waals surface area contributed by atoms with Gasteiger partial charge in [-0.2, -0.15) is 0 Å². The van der Waals surface area contributed by atoms with Crippen molar-refractivity contribution in [2.45, 2.75) is 26.3 Å². The van der Waals surface area contributed by atoms with Gasteiger partial charge in [-0.05, 0) is 13.8 Å². The zero-order valence-corrected chi connectivity index (χ0v) is 9.49. The highest BCUT2D eigenvalue weighted by Crippen LogP contribution is 2.08. The van der Waals surface area contributed by atoms with Crippen LogP contribution in [0.4, 0.5) is 0 Å². The number of thioether (sulfide) groups is 1. The fourth-order valence-corrected chi connectivity index (χ4v) is 1.88. The Morgan fingerprint density at radius 1 is 1.64 bits per heavy atom. The quantitative estimate of drug-likeness (QED) is 0.722. The van der Waals surface area contributed by atoms with Crippen molar-refractivity contribution in [3.63, 3.8) is 0 Å². The number of amides is 1. The molecule has 1 amide bonds. The van der Waals surface area contributed by atoms with E-state index in [1.165, 1.54) is 0 Å². The zero-order valence-electron chi connectivity index (χ0n) is 8.67. The van der Waals surface area contributed by atoms with Crippen molar-refractivity contribution < 1.29 is 4.79 Å². The molecule has 0 aromatic heterocycles. The normalized spacial score (nSPS) is 15.5. The maximum atomic E-state index is 11.2. The summed E-state index contributed by atoms with van der Waals surface area (Å²) in [5.74, 6) is 1.15. The number of hydrogen-bond donors (Lipinski definition) is 2. The van der Waals surface area contributed by atoms with Crippen LogP contribution in [0.5, 0.6) is 0 Å². The summed E-state index contributed by atoms with van der Waals surface area (Å²) in [6, 6.07) is 0.223. The van der Waals surface area contributed by atoms with E-state index in [0.717, 1.165) is 17.5 Å². The first kappa shape index (κ1) is 11.4. The lowest BCUT2D eigenvalue weighted by molar-refractivity contribution is -0.121. The third kappa shape index (κ3) is 4.50. The van der Waals surface area contributed by atoms with Crippen molar-refractivity contribution in [2.75, 3.05) is 18.8 Å². The van der Waals surface area contributed by atoms with Gasteiger partial charge in [-0.3, -0.25) is 9.79 Å². The van der Waals surface area contributed by atoms with Gasteiger partial charge in [-0.25, -0.2) is 0 Å². The second-order valence-corrected chi connectivity index (χ2v) is 4.52. The van der Waals surface area contributed by atoms with Crippen LogP contribution in [0.3, 0.4) is 0 Å². The van der Waals surface area contributed by atoms with Crippen molar-refractivity contribution in [1.29, 1.82) is 0 Å². The fraction of sp³-hybridized carbons (Fsp3) is 0.778. The van der Waals surface area contributed by atoms with Crippen LogP contribution in [-0.2, 0) is 4.79 Å². The van der Waals surface area contributed by atoms with E-state index in [1.54, 1.807) is 11.8 Å². The molecule has 1 rings (SSSR count). The summed E-state index contributed by atoms with van der Waals surface area (Å²) in [4.78, 5) is 15.5. The summed E-state index contributed by atoms with van der Waals surface area (Å²) < 4.78 is 0. The molecule has 0 saturated heterocycles. The Hall–Kier alpha value is -0.710. The summed E-state index contributed by atoms with van der Waals surface area (Å²) in [5.41, 5.74) is 0. The average molecular weight is 215 g/mol. The number of carbonyl (C=O) groups excluding carboxylic acids is 1. The molecule has 1 heterocycles. The van der Waals surface area contributed by atoms with Gasteiger partial charge in [0.15, 0.2) is 5.17 Å². The molecule has 0 aromatic rings. The number of amidine groups is 1. The molecule has 0 radical (unpaired) electrons. The third-order valence-corrected chi connectivity index (χ3v) is 2.60. The molecule has 2 N–H and O–H groups in total. The molecule has 14 heavy (non-hydrogen) atoms. The summed E-state index contributed by atoms with van der Waals surface area (Å²) in [6.45, 7) is 5.49. The minimum Gasteiger partial charge on any atom is -0.364 e. The second kappa shape index (κ2) is 5.90. The highest BCUT2D eigenvalue weighted by molar-refractivity contribution is 8.14. The van der Waals surface area contributed by atoms with Crippen molar-refractivity contribution in [3.05, 3.63) is 0 Å². The van der Waals surface area contributed by atoms with E-state index in [0.29, 0.717) is 13.0 Å². The van der Waals surface area contributed by atoms with Gasteiger partial charge < -0.3 is 10.6 Å². The Labute approximate surface area is 88.9 Å². The number of carbonyl (C=O) groups is 1.